The summed E-state index contributed by atoms with van der Waals surface area (Å²) in [4.78, 5) is 12.6. The summed E-state index contributed by atoms with van der Waals surface area (Å²) in [6, 6.07) is 13.4. The number of halogens is 1. The molecule has 0 atom stereocenters. The van der Waals surface area contributed by atoms with Crippen LogP contribution in [0.25, 0.3) is 11.0 Å². The number of nitrogens with zero attached hydrogens (tertiary/aromatic N) is 2. The second-order valence-corrected chi connectivity index (χ2v) is 5.10. The molecule has 1 aromatic heterocycles. The van der Waals surface area contributed by atoms with Crippen molar-refractivity contribution in [2.75, 3.05) is 0 Å². The molecule has 0 saturated carbocycles. The highest BCUT2D eigenvalue weighted by Gasteiger charge is 2.19. The van der Waals surface area contributed by atoms with E-state index < -0.39 is 5.82 Å². The Morgan fingerprint density at radius 2 is 1.91 bits per heavy atom. The summed E-state index contributed by atoms with van der Waals surface area (Å²) in [5.74, 6) is -0.496. The summed E-state index contributed by atoms with van der Waals surface area (Å²) < 4.78 is 15.5. The van der Waals surface area contributed by atoms with Gasteiger partial charge in [-0.25, -0.2) is 4.39 Å². The van der Waals surface area contributed by atoms with E-state index >= 15 is 0 Å². The Morgan fingerprint density at radius 1 is 1.18 bits per heavy atom. The van der Waals surface area contributed by atoms with Gasteiger partial charge < -0.3 is 5.21 Å². The van der Waals surface area contributed by atoms with Crippen molar-refractivity contribution in [1.29, 1.82) is 0 Å². The van der Waals surface area contributed by atoms with Gasteiger partial charge in [-0.2, -0.15) is 4.73 Å². The highest BCUT2D eigenvalue weighted by atomic mass is 19.1. The largest absolute Gasteiger partial charge is 0.618 e. The Balaban J connectivity index is 2.30. The predicted octanol–water partition coefficient (Wildman–Crippen LogP) is 2.38. The average molecular weight is 298 g/mol. The molecule has 0 radical (unpaired) electrons. The normalized spacial score (nSPS) is 11.0. The lowest BCUT2D eigenvalue weighted by Gasteiger charge is -2.13. The molecule has 0 aliphatic heterocycles. The first kappa shape index (κ1) is 14.3. The molecule has 1 heterocycles. The molecule has 22 heavy (non-hydrogen) atoms. The van der Waals surface area contributed by atoms with Crippen LogP contribution in [0, 0.1) is 11.0 Å². The van der Waals surface area contributed by atoms with Gasteiger partial charge in [0.15, 0.2) is 0 Å². The van der Waals surface area contributed by atoms with Crippen molar-refractivity contribution in [1.82, 2.24) is 4.57 Å². The van der Waals surface area contributed by atoms with Crippen LogP contribution in [0.4, 0.5) is 4.39 Å². The Bertz CT molecular complexity index is 889. The molecule has 0 fully saturated rings. The van der Waals surface area contributed by atoms with E-state index in [2.05, 4.69) is 0 Å². The van der Waals surface area contributed by atoms with E-state index in [1.165, 1.54) is 22.8 Å². The number of benzene rings is 2. The fourth-order valence-corrected chi connectivity index (χ4v) is 2.60. The number of fused-ring (bicyclic) bond motifs is 1. The van der Waals surface area contributed by atoms with Crippen LogP contribution in [0.5, 0.6) is 0 Å². The van der Waals surface area contributed by atoms with Crippen molar-refractivity contribution < 1.29 is 9.12 Å². The van der Waals surface area contributed by atoms with E-state index in [9.17, 15) is 14.4 Å². The number of hydrogen-bond donors (Lipinski definition) is 0. The van der Waals surface area contributed by atoms with Gasteiger partial charge in [-0.3, -0.25) is 9.36 Å². The van der Waals surface area contributed by atoms with Gasteiger partial charge in [0, 0.05) is 12.5 Å². The van der Waals surface area contributed by atoms with Crippen LogP contribution in [-0.4, -0.2) is 4.57 Å². The Morgan fingerprint density at radius 3 is 2.59 bits per heavy atom. The molecule has 0 amide bonds. The van der Waals surface area contributed by atoms with Crippen LogP contribution in [-0.2, 0) is 13.0 Å². The van der Waals surface area contributed by atoms with Gasteiger partial charge >= 0.3 is 5.56 Å². The highest BCUT2D eigenvalue weighted by molar-refractivity contribution is 5.71. The third-order valence-corrected chi connectivity index (χ3v) is 3.70. The first-order valence-electron chi connectivity index (χ1n) is 7.10. The van der Waals surface area contributed by atoms with Gasteiger partial charge in [0.2, 0.25) is 5.52 Å². The molecule has 0 aliphatic rings. The summed E-state index contributed by atoms with van der Waals surface area (Å²) in [6.45, 7) is 2.08. The van der Waals surface area contributed by atoms with Crippen LogP contribution in [0.15, 0.2) is 53.3 Å². The van der Waals surface area contributed by atoms with Crippen LogP contribution < -0.4 is 10.3 Å². The smallest absolute Gasteiger partial charge is 0.320 e. The van der Waals surface area contributed by atoms with E-state index in [0.717, 1.165) is 5.56 Å². The Hall–Kier alpha value is -2.69. The molecule has 5 heteroatoms. The van der Waals surface area contributed by atoms with E-state index in [0.29, 0.717) is 23.2 Å². The van der Waals surface area contributed by atoms with Crippen molar-refractivity contribution in [2.45, 2.75) is 19.9 Å². The molecule has 3 rings (SSSR count). The molecule has 0 saturated heterocycles. The van der Waals surface area contributed by atoms with E-state index in [-0.39, 0.29) is 16.8 Å². The fourth-order valence-electron chi connectivity index (χ4n) is 2.60. The number of aromatic nitrogens is 2. The van der Waals surface area contributed by atoms with Crippen LogP contribution in [0.1, 0.15) is 18.2 Å². The number of hydrogen-bond acceptors (Lipinski definition) is 2. The van der Waals surface area contributed by atoms with E-state index in [1.54, 1.807) is 6.92 Å². The topological polar surface area (TPSA) is 48.9 Å². The lowest BCUT2D eigenvalue weighted by molar-refractivity contribution is -0.587. The molecule has 0 aliphatic carbocycles. The van der Waals surface area contributed by atoms with Crippen LogP contribution >= 0.6 is 0 Å². The van der Waals surface area contributed by atoms with Crippen molar-refractivity contribution in [2.24, 2.45) is 0 Å². The zero-order chi connectivity index (χ0) is 15.7. The summed E-state index contributed by atoms with van der Waals surface area (Å²) in [5.41, 5.74) is 1.34. The van der Waals surface area contributed by atoms with Crippen molar-refractivity contribution >= 4 is 11.0 Å². The van der Waals surface area contributed by atoms with Crippen molar-refractivity contribution in [3.05, 3.63) is 81.2 Å². The van der Waals surface area contributed by atoms with Gasteiger partial charge in [-0.1, -0.05) is 37.3 Å². The monoisotopic (exact) mass is 298 g/mol. The molecule has 2 aromatic carbocycles. The minimum Gasteiger partial charge on any atom is -0.618 e. The quantitative estimate of drug-likeness (QED) is 0.550. The predicted molar refractivity (Wildman–Crippen MR) is 82.0 cm³/mol. The second kappa shape index (κ2) is 5.60. The lowest BCUT2D eigenvalue weighted by atomic mass is 10.2. The first-order chi connectivity index (χ1) is 10.6. The summed E-state index contributed by atoms with van der Waals surface area (Å²) in [5, 5.41) is 12.3. The molecule has 0 spiro atoms. The first-order valence-corrected chi connectivity index (χ1v) is 7.10. The number of rotatable bonds is 3. The molecule has 0 N–H and O–H groups in total. The standard InChI is InChI=1S/C17H15FN2O2/c1-2-14-17(21)19(11-12-6-4-3-5-7-12)15-9-8-13(18)10-16(15)20(14)22/h3-10H,2,11H2,1H3. The maximum absolute atomic E-state index is 13.5. The van der Waals surface area contributed by atoms with E-state index in [1.807, 2.05) is 30.3 Å². The Kier molecular flexibility index (Phi) is 3.63. The van der Waals surface area contributed by atoms with Crippen molar-refractivity contribution in [3.63, 3.8) is 0 Å². The molecule has 0 bridgehead atoms. The van der Waals surface area contributed by atoms with E-state index in [4.69, 9.17) is 0 Å². The molecule has 112 valence electrons. The maximum Gasteiger partial charge on any atom is 0.320 e. The van der Waals surface area contributed by atoms with Crippen LogP contribution in [0.3, 0.4) is 0 Å². The molecule has 0 unspecified atom stereocenters. The molecular weight excluding hydrogens is 283 g/mol. The van der Waals surface area contributed by atoms with Gasteiger partial charge in [0.1, 0.15) is 11.3 Å². The second-order valence-electron chi connectivity index (χ2n) is 5.10. The SMILES string of the molecule is CCc1c(=O)n(Cc2ccccc2)c2ccc(F)cc2[n+]1[O-]. The molecule has 4 nitrogen and oxygen atoms in total. The maximum atomic E-state index is 13.5. The summed E-state index contributed by atoms with van der Waals surface area (Å²) in [6.07, 6.45) is 0.295. The van der Waals surface area contributed by atoms with Gasteiger partial charge in [0.05, 0.1) is 6.54 Å². The average Bonchev–Trinajstić information content (AvgIpc) is 2.53. The third-order valence-electron chi connectivity index (χ3n) is 3.70. The Labute approximate surface area is 126 Å². The summed E-state index contributed by atoms with van der Waals surface area (Å²) in [7, 11) is 0. The highest BCUT2D eigenvalue weighted by Crippen LogP contribution is 2.13. The van der Waals surface area contributed by atoms with Gasteiger partial charge in [-0.05, 0) is 17.7 Å². The minimum absolute atomic E-state index is 0.119. The molecular formula is C17H15FN2O2. The lowest BCUT2D eigenvalue weighted by Crippen LogP contribution is -2.43. The zero-order valence-corrected chi connectivity index (χ0v) is 12.1. The van der Waals surface area contributed by atoms with Gasteiger partial charge in [-0.15, -0.1) is 0 Å². The third kappa shape index (κ3) is 2.35. The fraction of sp³-hybridized carbons (Fsp3) is 0.176. The van der Waals surface area contributed by atoms with Crippen LogP contribution in [0.2, 0.25) is 0 Å². The molecule has 3 aromatic rings. The van der Waals surface area contributed by atoms with Crippen molar-refractivity contribution in [3.8, 4) is 0 Å². The van der Waals surface area contributed by atoms with Gasteiger partial charge in [0.25, 0.3) is 5.69 Å². The minimum atomic E-state index is -0.496. The summed E-state index contributed by atoms with van der Waals surface area (Å²) >= 11 is 0. The zero-order valence-electron chi connectivity index (χ0n) is 12.1.